The molecule has 1 unspecified atom stereocenters. The number of rotatable bonds is 5. The minimum absolute atomic E-state index is 0.0236. The van der Waals surface area contributed by atoms with Crippen LogP contribution in [-0.4, -0.2) is 50.3 Å². The Labute approximate surface area is 145 Å². The van der Waals surface area contributed by atoms with E-state index < -0.39 is 17.7 Å². The molecule has 1 atom stereocenters. The largest absolute Gasteiger partial charge is 0.338 e. The second-order valence-electron chi connectivity index (χ2n) is 5.41. The van der Waals surface area contributed by atoms with Crippen molar-refractivity contribution in [1.29, 1.82) is 0 Å². The Bertz CT molecular complexity index is 663. The molecular weight excluding hydrogens is 336 g/mol. The maximum atomic E-state index is 12.6. The molecule has 1 aromatic rings. The Morgan fingerprint density at radius 3 is 2.74 bits per heavy atom. The van der Waals surface area contributed by atoms with Gasteiger partial charge >= 0.3 is 0 Å². The summed E-state index contributed by atoms with van der Waals surface area (Å²) >= 11 is 11.2. The molecule has 0 aromatic heterocycles. The maximum Gasteiger partial charge on any atom is 0.251 e. The van der Waals surface area contributed by atoms with Gasteiger partial charge in [-0.25, -0.2) is 0 Å². The Morgan fingerprint density at radius 1 is 1.39 bits per heavy atom. The predicted molar refractivity (Wildman–Crippen MR) is 94.2 cm³/mol. The highest BCUT2D eigenvalue weighted by atomic mass is 35.5. The third-order valence-electron chi connectivity index (χ3n) is 3.29. The summed E-state index contributed by atoms with van der Waals surface area (Å²) in [5.74, 6) is -1.92. The molecule has 2 amide bonds. The Balaban J connectivity index is 2.22. The first-order valence-electron chi connectivity index (χ1n) is 7.14. The molecule has 2 rings (SSSR count). The van der Waals surface area contributed by atoms with Gasteiger partial charge < -0.3 is 10.2 Å². The summed E-state index contributed by atoms with van der Waals surface area (Å²) in [6, 6.07) is 6.83. The number of benzene rings is 1. The molecule has 0 spiro atoms. The van der Waals surface area contributed by atoms with Gasteiger partial charge in [-0.15, -0.1) is 0 Å². The number of aliphatic imine (C=N–C) groups is 1. The lowest BCUT2D eigenvalue weighted by atomic mass is 10.1. The normalized spacial score (nSPS) is 18.9. The van der Waals surface area contributed by atoms with E-state index in [4.69, 9.17) is 23.8 Å². The molecule has 1 aliphatic rings. The molecule has 1 aliphatic heterocycles. The van der Waals surface area contributed by atoms with Crippen LogP contribution in [0.25, 0.3) is 0 Å². The topological polar surface area (TPSA) is 66.2 Å². The van der Waals surface area contributed by atoms with Gasteiger partial charge in [0.25, 0.3) is 5.91 Å². The summed E-state index contributed by atoms with van der Waals surface area (Å²) in [4.78, 5) is 31.3. The monoisotopic (exact) mass is 353 g/mol. The number of anilines is 1. The molecule has 23 heavy (non-hydrogen) atoms. The van der Waals surface area contributed by atoms with Gasteiger partial charge in [-0.2, -0.15) is 0 Å². The number of carbonyl (C=O) groups is 2. The van der Waals surface area contributed by atoms with Crippen molar-refractivity contribution in [2.24, 2.45) is 10.9 Å². The van der Waals surface area contributed by atoms with Crippen LogP contribution in [0.2, 0.25) is 5.02 Å². The van der Waals surface area contributed by atoms with Crippen molar-refractivity contribution in [3.63, 3.8) is 0 Å². The van der Waals surface area contributed by atoms with E-state index in [1.165, 1.54) is 16.0 Å². The molecule has 0 saturated carbocycles. The zero-order valence-electron chi connectivity index (χ0n) is 12.9. The molecule has 6 nitrogen and oxygen atoms in total. The van der Waals surface area contributed by atoms with Crippen LogP contribution < -0.4 is 15.1 Å². The van der Waals surface area contributed by atoms with E-state index in [0.29, 0.717) is 17.3 Å². The average Bonchev–Trinajstić information content (AvgIpc) is 2.47. The number of hydrogen-bond acceptors (Lipinski definition) is 4. The number of nitrogens with one attached hydrogen (secondary N) is 2. The van der Waals surface area contributed by atoms with Crippen LogP contribution in [0.1, 0.15) is 0 Å². The second-order valence-corrected chi connectivity index (χ2v) is 6.20. The van der Waals surface area contributed by atoms with E-state index in [1.807, 2.05) is 14.1 Å². The number of likely N-dealkylation sites (N-methyl/N-ethyl adjacent to an activating group) is 1. The predicted octanol–water partition coefficient (Wildman–Crippen LogP) is -0.0808. The standard InChI is InChI=1S/C15H17ClN4O2S/c1-19(2)8-7-17-9-10-13(21)18-15(23)20(14(10)22)12-6-4-3-5-11(12)16/h3-6,9-10H,7-8H2,1-2H3,(H,18,21,23)/p+1. The Kier molecular flexibility index (Phi) is 5.81. The van der Waals surface area contributed by atoms with E-state index in [0.717, 1.165) is 6.54 Å². The van der Waals surface area contributed by atoms with Gasteiger partial charge in [0.1, 0.15) is 0 Å². The van der Waals surface area contributed by atoms with E-state index in [2.05, 4.69) is 10.3 Å². The van der Waals surface area contributed by atoms with E-state index in [1.54, 1.807) is 24.3 Å². The molecule has 0 bridgehead atoms. The van der Waals surface area contributed by atoms with Crippen molar-refractivity contribution in [3.8, 4) is 0 Å². The molecule has 8 heteroatoms. The molecule has 0 aliphatic carbocycles. The molecule has 1 saturated heterocycles. The van der Waals surface area contributed by atoms with Crippen molar-refractivity contribution < 1.29 is 14.5 Å². The fourth-order valence-electron chi connectivity index (χ4n) is 2.05. The lowest BCUT2D eigenvalue weighted by Crippen LogP contribution is -3.06. The third-order valence-corrected chi connectivity index (χ3v) is 3.90. The van der Waals surface area contributed by atoms with Gasteiger partial charge in [0, 0.05) is 6.21 Å². The van der Waals surface area contributed by atoms with Crippen LogP contribution in [0, 0.1) is 5.92 Å². The fourth-order valence-corrected chi connectivity index (χ4v) is 2.56. The average molecular weight is 354 g/mol. The van der Waals surface area contributed by atoms with Crippen molar-refractivity contribution in [2.75, 3.05) is 32.1 Å². The van der Waals surface area contributed by atoms with Crippen LogP contribution in [0.3, 0.4) is 0 Å². The lowest BCUT2D eigenvalue weighted by Gasteiger charge is -2.31. The quantitative estimate of drug-likeness (QED) is 0.442. The van der Waals surface area contributed by atoms with Crippen LogP contribution in [0.15, 0.2) is 29.3 Å². The zero-order valence-corrected chi connectivity index (χ0v) is 14.4. The Hall–Kier alpha value is -1.83. The number of nitrogens with zero attached hydrogens (tertiary/aromatic N) is 2. The number of amides is 2. The first-order valence-corrected chi connectivity index (χ1v) is 7.92. The molecule has 122 valence electrons. The van der Waals surface area contributed by atoms with E-state index in [9.17, 15) is 9.59 Å². The number of quaternary nitrogens is 1. The van der Waals surface area contributed by atoms with Crippen molar-refractivity contribution in [1.82, 2.24) is 5.32 Å². The number of carbonyl (C=O) groups excluding carboxylic acids is 2. The van der Waals surface area contributed by atoms with Crippen LogP contribution in [-0.2, 0) is 9.59 Å². The summed E-state index contributed by atoms with van der Waals surface area (Å²) in [5.41, 5.74) is 0.445. The van der Waals surface area contributed by atoms with Crippen molar-refractivity contribution in [3.05, 3.63) is 29.3 Å². The van der Waals surface area contributed by atoms with Crippen LogP contribution in [0.5, 0.6) is 0 Å². The molecule has 1 aromatic carbocycles. The third kappa shape index (κ3) is 4.13. The first kappa shape index (κ1) is 17.5. The van der Waals surface area contributed by atoms with Crippen molar-refractivity contribution in [2.45, 2.75) is 0 Å². The fraction of sp³-hybridized carbons (Fsp3) is 0.333. The minimum Gasteiger partial charge on any atom is -0.338 e. The van der Waals surface area contributed by atoms with Gasteiger partial charge in [0.15, 0.2) is 11.0 Å². The molecule has 1 fully saturated rings. The number of thiocarbonyl (C=S) groups is 1. The van der Waals surface area contributed by atoms with Gasteiger partial charge in [-0.3, -0.25) is 19.5 Å². The molecule has 2 N–H and O–H groups in total. The molecule has 0 radical (unpaired) electrons. The van der Waals surface area contributed by atoms with Gasteiger partial charge in [0.2, 0.25) is 5.91 Å². The van der Waals surface area contributed by atoms with Crippen LogP contribution >= 0.6 is 23.8 Å². The minimum atomic E-state index is -1.00. The highest BCUT2D eigenvalue weighted by Gasteiger charge is 2.38. The number of para-hydroxylation sites is 1. The van der Waals surface area contributed by atoms with E-state index >= 15 is 0 Å². The smallest absolute Gasteiger partial charge is 0.251 e. The summed E-state index contributed by atoms with van der Waals surface area (Å²) in [6.45, 7) is 1.35. The summed E-state index contributed by atoms with van der Waals surface area (Å²) in [7, 11) is 4.01. The van der Waals surface area contributed by atoms with E-state index in [-0.39, 0.29) is 5.11 Å². The van der Waals surface area contributed by atoms with Gasteiger partial charge in [-0.05, 0) is 24.4 Å². The summed E-state index contributed by atoms with van der Waals surface area (Å²) < 4.78 is 0. The summed E-state index contributed by atoms with van der Waals surface area (Å²) in [5, 5.41) is 2.93. The lowest BCUT2D eigenvalue weighted by molar-refractivity contribution is -0.856. The summed E-state index contributed by atoms with van der Waals surface area (Å²) in [6.07, 6.45) is 1.38. The number of halogens is 1. The first-order chi connectivity index (χ1) is 10.9. The Morgan fingerprint density at radius 2 is 2.09 bits per heavy atom. The highest BCUT2D eigenvalue weighted by Crippen LogP contribution is 2.28. The second kappa shape index (κ2) is 7.63. The molecule has 1 heterocycles. The highest BCUT2D eigenvalue weighted by molar-refractivity contribution is 7.80. The van der Waals surface area contributed by atoms with Crippen molar-refractivity contribution >= 4 is 52.6 Å². The van der Waals surface area contributed by atoms with Gasteiger partial charge in [0.05, 0.1) is 37.9 Å². The zero-order chi connectivity index (χ0) is 17.0. The number of hydrogen-bond donors (Lipinski definition) is 2. The SMILES string of the molecule is C[NH+](C)CCN=CC1C(=O)NC(=S)N(c2ccccc2Cl)C1=O. The molecular formula is C15H18ClN4O2S+. The van der Waals surface area contributed by atoms with Gasteiger partial charge in [-0.1, -0.05) is 23.7 Å². The maximum absolute atomic E-state index is 12.6. The van der Waals surface area contributed by atoms with Crippen LogP contribution in [0.4, 0.5) is 5.69 Å².